The third kappa shape index (κ3) is 2.87. The average Bonchev–Trinajstić information content (AvgIpc) is 2.72. The van der Waals surface area contributed by atoms with Crippen molar-refractivity contribution in [3.8, 4) is 17.6 Å². The molecule has 0 amide bonds. The molecule has 2 aromatic rings. The van der Waals surface area contributed by atoms with Crippen molar-refractivity contribution in [1.29, 1.82) is 5.26 Å². The maximum Gasteiger partial charge on any atom is 0.242 e. The van der Waals surface area contributed by atoms with Gasteiger partial charge in [-0.3, -0.25) is 4.99 Å². The number of rotatable bonds is 3. The molecule has 1 aliphatic rings. The zero-order valence-electron chi connectivity index (χ0n) is 14.3. The number of nitriles is 1. The topological polar surface area (TPSA) is 99.8 Å². The van der Waals surface area contributed by atoms with Gasteiger partial charge in [0.1, 0.15) is 35.1 Å². The number of aliphatic hydroxyl groups is 1. The molecule has 0 saturated carbocycles. The highest BCUT2D eigenvalue weighted by Gasteiger charge is 2.57. The quantitative estimate of drug-likeness (QED) is 0.810. The van der Waals surface area contributed by atoms with Crippen molar-refractivity contribution in [2.75, 3.05) is 7.05 Å². The molecule has 0 fully saturated rings. The Morgan fingerprint density at radius 1 is 1.37 bits per heavy atom. The van der Waals surface area contributed by atoms with Gasteiger partial charge in [-0.2, -0.15) is 5.26 Å². The molecule has 1 N–H and O–H groups in total. The number of hydrogen-bond donors (Lipinski definition) is 1. The molecule has 2 atom stereocenters. The average molecular weight is 392 g/mol. The third-order valence-corrected chi connectivity index (χ3v) is 6.46. The van der Waals surface area contributed by atoms with Gasteiger partial charge in [0.2, 0.25) is 14.8 Å². The van der Waals surface area contributed by atoms with Crippen LogP contribution >= 0.6 is 0 Å². The van der Waals surface area contributed by atoms with Gasteiger partial charge in [0, 0.05) is 24.9 Å². The molecule has 6 nitrogen and oxygen atoms in total. The SMILES string of the molecule is CN=Cc1cc(F)cc(Oc2ccc3c(c2C#N)[C@@H](O)C(C)(F)S3(=O)=O)c1. The lowest BCUT2D eigenvalue weighted by Gasteiger charge is -2.17. The molecule has 0 saturated heterocycles. The minimum absolute atomic E-state index is 0.0275. The van der Waals surface area contributed by atoms with Crippen molar-refractivity contribution < 1.29 is 27.0 Å². The Morgan fingerprint density at radius 3 is 2.70 bits per heavy atom. The second-order valence-corrected chi connectivity index (χ2v) is 8.31. The van der Waals surface area contributed by atoms with E-state index in [2.05, 4.69) is 4.99 Å². The summed E-state index contributed by atoms with van der Waals surface area (Å²) in [6.45, 7) is 0.734. The van der Waals surface area contributed by atoms with Crippen molar-refractivity contribution in [2.24, 2.45) is 4.99 Å². The van der Waals surface area contributed by atoms with Gasteiger partial charge in [-0.15, -0.1) is 0 Å². The molecule has 0 aromatic heterocycles. The summed E-state index contributed by atoms with van der Waals surface area (Å²) >= 11 is 0. The summed E-state index contributed by atoms with van der Waals surface area (Å²) in [6.07, 6.45) is -0.652. The van der Waals surface area contributed by atoms with E-state index < -0.39 is 31.7 Å². The number of hydrogen-bond acceptors (Lipinski definition) is 6. The first-order chi connectivity index (χ1) is 12.6. The number of sulfone groups is 1. The Kier molecular flexibility index (Phi) is 4.49. The second-order valence-electron chi connectivity index (χ2n) is 6.06. The third-order valence-electron chi connectivity index (χ3n) is 4.26. The zero-order valence-corrected chi connectivity index (χ0v) is 15.1. The van der Waals surface area contributed by atoms with Crippen LogP contribution in [0.2, 0.25) is 0 Å². The van der Waals surface area contributed by atoms with Gasteiger partial charge in [-0.05, 0) is 36.8 Å². The van der Waals surface area contributed by atoms with Gasteiger partial charge in [-0.25, -0.2) is 17.2 Å². The highest BCUT2D eigenvalue weighted by molar-refractivity contribution is 7.93. The normalized spacial score (nSPS) is 23.2. The fourth-order valence-electron chi connectivity index (χ4n) is 2.90. The fraction of sp³-hybridized carbons (Fsp3) is 0.222. The van der Waals surface area contributed by atoms with E-state index in [1.807, 2.05) is 0 Å². The van der Waals surface area contributed by atoms with Gasteiger partial charge in [-0.1, -0.05) is 0 Å². The molecule has 2 aromatic carbocycles. The van der Waals surface area contributed by atoms with Crippen LogP contribution in [0.25, 0.3) is 0 Å². The molecule has 0 aliphatic carbocycles. The standard InChI is InChI=1S/C18H14F2N2O4S/c1-18(20)17(23)16-13(8-21)14(3-4-15(16)27(18,24)25)26-12-6-10(9-22-2)5-11(19)7-12/h3-7,9,17,23H,1-2H3/t17-,18?/m1/s1. The number of ether oxygens (including phenoxy) is 1. The Bertz CT molecular complexity index is 1110. The smallest absolute Gasteiger partial charge is 0.242 e. The van der Waals surface area contributed by atoms with Crippen molar-refractivity contribution in [2.45, 2.75) is 22.9 Å². The van der Waals surface area contributed by atoms with E-state index in [1.54, 1.807) is 6.07 Å². The summed E-state index contributed by atoms with van der Waals surface area (Å²) in [6, 6.07) is 7.71. The number of aliphatic imine (C=N–C) groups is 1. The Hall–Kier alpha value is -2.83. The molecule has 140 valence electrons. The van der Waals surface area contributed by atoms with Crippen LogP contribution in [0.4, 0.5) is 8.78 Å². The van der Waals surface area contributed by atoms with Crippen LogP contribution in [0.15, 0.2) is 40.2 Å². The lowest BCUT2D eigenvalue weighted by molar-refractivity contribution is 0.0647. The van der Waals surface area contributed by atoms with Crippen molar-refractivity contribution >= 4 is 16.1 Å². The molecule has 1 unspecified atom stereocenters. The molecule has 1 aliphatic heterocycles. The van der Waals surface area contributed by atoms with Crippen LogP contribution in [0, 0.1) is 17.1 Å². The number of alkyl halides is 1. The summed E-state index contributed by atoms with van der Waals surface area (Å²) in [5, 5.41) is 16.7. The summed E-state index contributed by atoms with van der Waals surface area (Å²) in [4.78, 5) is 3.31. The predicted octanol–water partition coefficient (Wildman–Crippen LogP) is 3.04. The van der Waals surface area contributed by atoms with Gasteiger partial charge < -0.3 is 9.84 Å². The number of aliphatic hydroxyl groups excluding tert-OH is 1. The van der Waals surface area contributed by atoms with Crippen LogP contribution in [0.1, 0.15) is 29.7 Å². The fourth-order valence-corrected chi connectivity index (χ4v) is 4.49. The van der Waals surface area contributed by atoms with E-state index in [4.69, 9.17) is 4.74 Å². The van der Waals surface area contributed by atoms with Crippen LogP contribution < -0.4 is 4.74 Å². The van der Waals surface area contributed by atoms with Crippen molar-refractivity contribution in [3.63, 3.8) is 0 Å². The Balaban J connectivity index is 2.14. The Morgan fingerprint density at radius 2 is 2.07 bits per heavy atom. The lowest BCUT2D eigenvalue weighted by atomic mass is 9.99. The minimum atomic E-state index is -4.48. The van der Waals surface area contributed by atoms with Gasteiger partial charge in [0.15, 0.2) is 0 Å². The molecule has 9 heteroatoms. The summed E-state index contributed by atoms with van der Waals surface area (Å²) in [7, 11) is -2.97. The first kappa shape index (κ1) is 18.9. The number of nitrogens with zero attached hydrogens (tertiary/aromatic N) is 2. The van der Waals surface area contributed by atoms with Crippen molar-refractivity contribution in [1.82, 2.24) is 0 Å². The van der Waals surface area contributed by atoms with E-state index in [9.17, 15) is 27.6 Å². The Labute approximate surface area is 154 Å². The number of fused-ring (bicyclic) bond motifs is 1. The maximum absolute atomic E-state index is 14.6. The van der Waals surface area contributed by atoms with Crippen LogP contribution in [0.5, 0.6) is 11.5 Å². The molecule has 27 heavy (non-hydrogen) atoms. The predicted molar refractivity (Wildman–Crippen MR) is 92.8 cm³/mol. The van der Waals surface area contributed by atoms with Crippen LogP contribution in [-0.2, 0) is 9.84 Å². The highest BCUT2D eigenvalue weighted by Crippen LogP contribution is 2.50. The molecular weight excluding hydrogens is 378 g/mol. The lowest BCUT2D eigenvalue weighted by Crippen LogP contribution is -2.30. The zero-order chi connectivity index (χ0) is 20.0. The van der Waals surface area contributed by atoms with Gasteiger partial charge in [0.05, 0.1) is 4.90 Å². The van der Waals surface area contributed by atoms with E-state index >= 15 is 0 Å². The van der Waals surface area contributed by atoms with Gasteiger partial charge >= 0.3 is 0 Å². The first-order valence-corrected chi connectivity index (χ1v) is 9.21. The molecule has 1 heterocycles. The summed E-state index contributed by atoms with van der Waals surface area (Å²) in [5.41, 5.74) is -0.294. The van der Waals surface area contributed by atoms with E-state index in [0.29, 0.717) is 5.56 Å². The van der Waals surface area contributed by atoms with E-state index in [-0.39, 0.29) is 22.6 Å². The van der Waals surface area contributed by atoms with E-state index in [1.165, 1.54) is 31.5 Å². The van der Waals surface area contributed by atoms with Crippen molar-refractivity contribution in [3.05, 3.63) is 52.8 Å². The molecule has 3 rings (SSSR count). The van der Waals surface area contributed by atoms with Gasteiger partial charge in [0.25, 0.3) is 0 Å². The summed E-state index contributed by atoms with van der Waals surface area (Å²) < 4.78 is 58.4. The largest absolute Gasteiger partial charge is 0.456 e. The molecular formula is C18H14F2N2O4S. The number of halogens is 2. The highest BCUT2D eigenvalue weighted by atomic mass is 32.2. The van der Waals surface area contributed by atoms with Crippen LogP contribution in [0.3, 0.4) is 0 Å². The first-order valence-electron chi connectivity index (χ1n) is 7.72. The molecule has 0 radical (unpaired) electrons. The molecule has 0 spiro atoms. The number of benzene rings is 2. The second kappa shape index (κ2) is 6.40. The monoisotopic (exact) mass is 392 g/mol. The summed E-state index contributed by atoms with van der Waals surface area (Å²) in [5.74, 6) is -0.714. The van der Waals surface area contributed by atoms with Crippen LogP contribution in [-0.4, -0.2) is 31.8 Å². The molecule has 0 bridgehead atoms. The van der Waals surface area contributed by atoms with E-state index in [0.717, 1.165) is 19.1 Å². The maximum atomic E-state index is 14.6. The minimum Gasteiger partial charge on any atom is -0.456 e.